The zero-order valence-corrected chi connectivity index (χ0v) is 12.9. The molecule has 3 heterocycles. The molecule has 1 atom stereocenters. The lowest BCUT2D eigenvalue weighted by molar-refractivity contribution is 0.0783. The average molecular weight is 321 g/mol. The third-order valence-corrected chi connectivity index (χ3v) is 4.08. The van der Waals surface area contributed by atoms with Gasteiger partial charge in [-0.15, -0.1) is 0 Å². The summed E-state index contributed by atoms with van der Waals surface area (Å²) < 4.78 is 5.41. The lowest BCUT2D eigenvalue weighted by Gasteiger charge is -2.14. The third-order valence-electron chi connectivity index (χ3n) is 4.08. The van der Waals surface area contributed by atoms with Crippen LogP contribution in [0.25, 0.3) is 11.4 Å². The second-order valence-electron chi connectivity index (χ2n) is 5.65. The van der Waals surface area contributed by atoms with Crippen LogP contribution in [-0.2, 0) is 0 Å². The number of benzene rings is 1. The van der Waals surface area contributed by atoms with Gasteiger partial charge in [0.1, 0.15) is 5.69 Å². The first-order chi connectivity index (χ1) is 11.8. The largest absolute Gasteiger partial charge is 0.339 e. The number of amides is 1. The Morgan fingerprint density at radius 2 is 2.08 bits per heavy atom. The topological polar surface area (TPSA) is 85.0 Å². The molecule has 0 saturated carbocycles. The number of aromatic nitrogens is 4. The summed E-state index contributed by atoms with van der Waals surface area (Å²) >= 11 is 0. The van der Waals surface area contributed by atoms with Crippen molar-refractivity contribution in [2.45, 2.75) is 12.3 Å². The Balaban J connectivity index is 1.48. The van der Waals surface area contributed by atoms with Gasteiger partial charge in [0.05, 0.1) is 12.1 Å². The van der Waals surface area contributed by atoms with Crippen LogP contribution in [0.2, 0.25) is 0 Å². The van der Waals surface area contributed by atoms with Crippen molar-refractivity contribution in [1.82, 2.24) is 25.0 Å². The molecule has 120 valence electrons. The van der Waals surface area contributed by atoms with Crippen LogP contribution in [0, 0.1) is 0 Å². The standard InChI is InChI=1S/C17H15N5O2/c23-17(14-10-18-7-8-19-14)22-9-6-13(11-22)16-20-15(21-24-16)12-4-2-1-3-5-12/h1-5,7-8,10,13H,6,9,11H2. The minimum absolute atomic E-state index is 0.0515. The molecule has 1 amide bonds. The Labute approximate surface area is 138 Å². The molecule has 0 radical (unpaired) electrons. The van der Waals surface area contributed by atoms with Crippen LogP contribution >= 0.6 is 0 Å². The molecule has 0 N–H and O–H groups in total. The van der Waals surface area contributed by atoms with E-state index in [0.29, 0.717) is 30.5 Å². The molecule has 4 rings (SSSR count). The summed E-state index contributed by atoms with van der Waals surface area (Å²) in [4.78, 5) is 26.6. The van der Waals surface area contributed by atoms with Crippen LogP contribution in [0.1, 0.15) is 28.7 Å². The molecule has 3 aromatic rings. The zero-order chi connectivity index (χ0) is 16.4. The lowest BCUT2D eigenvalue weighted by Crippen LogP contribution is -2.29. The molecule has 7 heteroatoms. The van der Waals surface area contributed by atoms with Gasteiger partial charge < -0.3 is 9.42 Å². The molecular weight excluding hydrogens is 306 g/mol. The Morgan fingerprint density at radius 1 is 1.21 bits per heavy atom. The number of likely N-dealkylation sites (tertiary alicyclic amines) is 1. The quantitative estimate of drug-likeness (QED) is 0.735. The van der Waals surface area contributed by atoms with Gasteiger partial charge in [-0.25, -0.2) is 4.98 Å². The lowest BCUT2D eigenvalue weighted by atomic mass is 10.1. The monoisotopic (exact) mass is 321 g/mol. The highest BCUT2D eigenvalue weighted by atomic mass is 16.5. The van der Waals surface area contributed by atoms with E-state index < -0.39 is 0 Å². The number of nitrogens with zero attached hydrogens (tertiary/aromatic N) is 5. The van der Waals surface area contributed by atoms with Crippen LogP contribution in [-0.4, -0.2) is 44.0 Å². The minimum atomic E-state index is -0.117. The van der Waals surface area contributed by atoms with Crippen molar-refractivity contribution in [3.05, 3.63) is 60.5 Å². The van der Waals surface area contributed by atoms with E-state index in [1.807, 2.05) is 30.3 Å². The summed E-state index contributed by atoms with van der Waals surface area (Å²) in [6.45, 7) is 1.19. The van der Waals surface area contributed by atoms with Crippen molar-refractivity contribution >= 4 is 5.91 Å². The average Bonchev–Trinajstić information content (AvgIpc) is 3.32. The second-order valence-corrected chi connectivity index (χ2v) is 5.65. The molecule has 24 heavy (non-hydrogen) atoms. The minimum Gasteiger partial charge on any atom is -0.339 e. The van der Waals surface area contributed by atoms with Crippen molar-refractivity contribution in [3.63, 3.8) is 0 Å². The van der Waals surface area contributed by atoms with Gasteiger partial charge in [-0.2, -0.15) is 4.98 Å². The SMILES string of the molecule is O=C(c1cnccn1)N1CCC(c2nc(-c3ccccc3)no2)C1. The van der Waals surface area contributed by atoms with E-state index in [-0.39, 0.29) is 11.8 Å². The number of hydrogen-bond acceptors (Lipinski definition) is 6. The predicted octanol–water partition coefficient (Wildman–Crippen LogP) is 2.16. The van der Waals surface area contributed by atoms with Gasteiger partial charge in [-0.05, 0) is 6.42 Å². The number of carbonyl (C=O) groups is 1. The maximum absolute atomic E-state index is 12.4. The molecule has 1 aliphatic heterocycles. The summed E-state index contributed by atoms with van der Waals surface area (Å²) in [6.07, 6.45) is 5.34. The van der Waals surface area contributed by atoms with Gasteiger partial charge in [-0.1, -0.05) is 35.5 Å². The first-order valence-corrected chi connectivity index (χ1v) is 7.75. The number of hydrogen-bond donors (Lipinski definition) is 0. The predicted molar refractivity (Wildman–Crippen MR) is 85.0 cm³/mol. The van der Waals surface area contributed by atoms with E-state index in [1.165, 1.54) is 12.4 Å². The second kappa shape index (κ2) is 6.19. The molecule has 0 aliphatic carbocycles. The van der Waals surface area contributed by atoms with E-state index in [0.717, 1.165) is 12.0 Å². The van der Waals surface area contributed by atoms with Gasteiger partial charge in [0.25, 0.3) is 5.91 Å². The van der Waals surface area contributed by atoms with Crippen molar-refractivity contribution in [1.29, 1.82) is 0 Å². The Morgan fingerprint density at radius 3 is 2.88 bits per heavy atom. The zero-order valence-electron chi connectivity index (χ0n) is 12.9. The van der Waals surface area contributed by atoms with Crippen LogP contribution in [0.15, 0.2) is 53.4 Å². The molecule has 1 aromatic carbocycles. The smallest absolute Gasteiger partial charge is 0.274 e. The Bertz CT molecular complexity index is 834. The summed E-state index contributed by atoms with van der Waals surface area (Å²) in [5.41, 5.74) is 1.27. The first-order valence-electron chi connectivity index (χ1n) is 7.75. The Kier molecular flexibility index (Phi) is 3.74. The molecule has 1 aliphatic rings. The third kappa shape index (κ3) is 2.76. The van der Waals surface area contributed by atoms with E-state index in [4.69, 9.17) is 4.52 Å². The van der Waals surface area contributed by atoms with E-state index in [9.17, 15) is 4.79 Å². The molecular formula is C17H15N5O2. The number of carbonyl (C=O) groups excluding carboxylic acids is 1. The molecule has 0 bridgehead atoms. The van der Waals surface area contributed by atoms with Gasteiger partial charge in [-0.3, -0.25) is 9.78 Å². The molecule has 2 aromatic heterocycles. The molecule has 7 nitrogen and oxygen atoms in total. The van der Waals surface area contributed by atoms with Crippen LogP contribution < -0.4 is 0 Å². The highest BCUT2D eigenvalue weighted by Gasteiger charge is 2.32. The van der Waals surface area contributed by atoms with Crippen molar-refractivity contribution in [3.8, 4) is 11.4 Å². The highest BCUT2D eigenvalue weighted by Crippen LogP contribution is 2.28. The van der Waals surface area contributed by atoms with E-state index in [1.54, 1.807) is 11.1 Å². The summed E-state index contributed by atoms with van der Waals surface area (Å²) in [5, 5.41) is 4.05. The van der Waals surface area contributed by atoms with Crippen molar-refractivity contribution in [2.75, 3.05) is 13.1 Å². The van der Waals surface area contributed by atoms with E-state index >= 15 is 0 Å². The van der Waals surface area contributed by atoms with Gasteiger partial charge in [0.2, 0.25) is 11.7 Å². The normalized spacial score (nSPS) is 17.2. The fourth-order valence-electron chi connectivity index (χ4n) is 2.82. The van der Waals surface area contributed by atoms with Crippen LogP contribution in [0.5, 0.6) is 0 Å². The fraction of sp³-hybridized carbons (Fsp3) is 0.235. The molecule has 0 spiro atoms. The maximum atomic E-state index is 12.4. The van der Waals surface area contributed by atoms with Gasteiger partial charge in [0, 0.05) is 31.0 Å². The van der Waals surface area contributed by atoms with E-state index in [2.05, 4.69) is 20.1 Å². The van der Waals surface area contributed by atoms with Gasteiger partial charge in [0.15, 0.2) is 0 Å². The molecule has 1 saturated heterocycles. The molecule has 1 unspecified atom stereocenters. The fourth-order valence-corrected chi connectivity index (χ4v) is 2.82. The van der Waals surface area contributed by atoms with Crippen molar-refractivity contribution < 1.29 is 9.32 Å². The summed E-state index contributed by atoms with van der Waals surface area (Å²) in [7, 11) is 0. The van der Waals surface area contributed by atoms with Crippen LogP contribution in [0.3, 0.4) is 0 Å². The Hall–Kier alpha value is -3.09. The highest BCUT2D eigenvalue weighted by molar-refractivity contribution is 5.92. The maximum Gasteiger partial charge on any atom is 0.274 e. The first kappa shape index (κ1) is 14.5. The number of rotatable bonds is 3. The van der Waals surface area contributed by atoms with Gasteiger partial charge >= 0.3 is 0 Å². The molecule has 1 fully saturated rings. The van der Waals surface area contributed by atoms with Crippen LogP contribution in [0.4, 0.5) is 0 Å². The van der Waals surface area contributed by atoms with Crippen molar-refractivity contribution in [2.24, 2.45) is 0 Å². The summed E-state index contributed by atoms with van der Waals surface area (Å²) in [6, 6.07) is 9.68. The summed E-state index contributed by atoms with van der Waals surface area (Å²) in [5.74, 6) is 1.08.